The van der Waals surface area contributed by atoms with E-state index in [0.717, 1.165) is 5.56 Å². The van der Waals surface area contributed by atoms with E-state index in [9.17, 15) is 19.5 Å². The van der Waals surface area contributed by atoms with Crippen LogP contribution in [0, 0.1) is 0 Å². The predicted octanol–water partition coefficient (Wildman–Crippen LogP) is 3.49. The number of carbonyl (C=O) groups excluding carboxylic acids is 2. The summed E-state index contributed by atoms with van der Waals surface area (Å²) < 4.78 is 0.502. The van der Waals surface area contributed by atoms with Crippen molar-refractivity contribution in [3.63, 3.8) is 0 Å². The average molecular weight is 412 g/mol. The molecule has 1 fully saturated rings. The zero-order chi connectivity index (χ0) is 20.4. The molecule has 1 aliphatic heterocycles. The minimum Gasteiger partial charge on any atom is -0.478 e. The first kappa shape index (κ1) is 19.8. The second-order valence-electron chi connectivity index (χ2n) is 6.05. The number of thiocarbonyl (C=S) groups is 1. The molecule has 1 heterocycles. The predicted molar refractivity (Wildman–Crippen MR) is 114 cm³/mol. The van der Waals surface area contributed by atoms with Gasteiger partial charge in [0.25, 0.3) is 11.8 Å². The van der Waals surface area contributed by atoms with Gasteiger partial charge in [-0.2, -0.15) is 0 Å². The molecule has 0 bridgehead atoms. The zero-order valence-corrected chi connectivity index (χ0v) is 16.7. The lowest BCUT2D eigenvalue weighted by Gasteiger charge is -2.19. The van der Waals surface area contributed by atoms with Crippen molar-refractivity contribution in [1.82, 2.24) is 4.90 Å². The van der Waals surface area contributed by atoms with Gasteiger partial charge in [-0.1, -0.05) is 48.2 Å². The fourth-order valence-corrected chi connectivity index (χ4v) is 3.85. The highest BCUT2D eigenvalue weighted by Crippen LogP contribution is 2.31. The van der Waals surface area contributed by atoms with E-state index in [-0.39, 0.29) is 17.4 Å². The third kappa shape index (κ3) is 3.83. The minimum atomic E-state index is -1.10. The molecule has 0 aliphatic carbocycles. The number of nitrogens with zero attached hydrogens (tertiary/aromatic N) is 2. The van der Waals surface area contributed by atoms with Crippen LogP contribution < -0.4 is 4.90 Å². The van der Waals surface area contributed by atoms with Gasteiger partial charge in [0.15, 0.2) is 0 Å². The van der Waals surface area contributed by atoms with Gasteiger partial charge in [-0.3, -0.25) is 14.5 Å². The van der Waals surface area contributed by atoms with Crippen LogP contribution in [0.3, 0.4) is 0 Å². The van der Waals surface area contributed by atoms with E-state index in [0.29, 0.717) is 20.5 Å². The normalized spacial score (nSPS) is 15.2. The van der Waals surface area contributed by atoms with Crippen molar-refractivity contribution in [3.05, 3.63) is 70.1 Å². The largest absolute Gasteiger partial charge is 0.478 e. The number of benzene rings is 2. The number of para-hydroxylation sites is 1. The second-order valence-corrected chi connectivity index (χ2v) is 7.72. The van der Waals surface area contributed by atoms with E-state index in [2.05, 4.69) is 0 Å². The van der Waals surface area contributed by atoms with Crippen molar-refractivity contribution in [3.8, 4) is 0 Å². The molecule has 1 saturated heterocycles. The van der Waals surface area contributed by atoms with Gasteiger partial charge in [-0.05, 0) is 35.9 Å². The van der Waals surface area contributed by atoms with Crippen LogP contribution >= 0.6 is 24.0 Å². The maximum absolute atomic E-state index is 12.7. The molecule has 1 aliphatic rings. The first-order chi connectivity index (χ1) is 13.3. The SMILES string of the molecule is CN1C(=O)/C(=C/c2ccc(C(=O)N(C)c3ccccc3C(=O)O)cc2)SC1=S. The van der Waals surface area contributed by atoms with Crippen molar-refractivity contribution >= 4 is 57.8 Å². The van der Waals surface area contributed by atoms with Gasteiger partial charge in [0, 0.05) is 19.7 Å². The van der Waals surface area contributed by atoms with Gasteiger partial charge < -0.3 is 10.0 Å². The lowest BCUT2D eigenvalue weighted by atomic mass is 10.1. The molecule has 0 atom stereocenters. The van der Waals surface area contributed by atoms with Crippen LogP contribution in [0.5, 0.6) is 0 Å². The summed E-state index contributed by atoms with van der Waals surface area (Å²) in [6, 6.07) is 13.1. The smallest absolute Gasteiger partial charge is 0.337 e. The number of hydrogen-bond donors (Lipinski definition) is 1. The first-order valence-corrected chi connectivity index (χ1v) is 9.44. The number of amides is 2. The van der Waals surface area contributed by atoms with Crippen LogP contribution in [0.25, 0.3) is 6.08 Å². The number of rotatable bonds is 4. The monoisotopic (exact) mass is 412 g/mol. The summed E-state index contributed by atoms with van der Waals surface area (Å²) in [6.45, 7) is 0. The summed E-state index contributed by atoms with van der Waals surface area (Å²) in [6.07, 6.45) is 1.72. The molecule has 0 radical (unpaired) electrons. The summed E-state index contributed by atoms with van der Waals surface area (Å²) in [4.78, 5) is 39.4. The highest BCUT2D eigenvalue weighted by Gasteiger charge is 2.28. The van der Waals surface area contributed by atoms with Crippen LogP contribution in [0.15, 0.2) is 53.4 Å². The highest BCUT2D eigenvalue weighted by molar-refractivity contribution is 8.26. The van der Waals surface area contributed by atoms with E-state index in [4.69, 9.17) is 12.2 Å². The topological polar surface area (TPSA) is 77.9 Å². The third-order valence-electron chi connectivity index (χ3n) is 4.24. The van der Waals surface area contributed by atoms with Crippen molar-refractivity contribution in [2.24, 2.45) is 0 Å². The number of anilines is 1. The van der Waals surface area contributed by atoms with E-state index in [1.807, 2.05) is 0 Å². The fourth-order valence-electron chi connectivity index (χ4n) is 2.67. The molecule has 0 spiro atoms. The van der Waals surface area contributed by atoms with Crippen LogP contribution in [-0.2, 0) is 4.79 Å². The van der Waals surface area contributed by atoms with E-state index in [1.54, 1.807) is 55.6 Å². The van der Waals surface area contributed by atoms with Gasteiger partial charge in [0.05, 0.1) is 16.2 Å². The second kappa shape index (κ2) is 7.95. The van der Waals surface area contributed by atoms with Crippen molar-refractivity contribution in [2.45, 2.75) is 0 Å². The molecule has 0 saturated carbocycles. The maximum Gasteiger partial charge on any atom is 0.337 e. The summed E-state index contributed by atoms with van der Waals surface area (Å²) in [5.74, 6) is -1.58. The van der Waals surface area contributed by atoms with Crippen molar-refractivity contribution < 1.29 is 19.5 Å². The first-order valence-electron chi connectivity index (χ1n) is 8.21. The highest BCUT2D eigenvalue weighted by atomic mass is 32.2. The Morgan fingerprint density at radius 3 is 2.36 bits per heavy atom. The quantitative estimate of drug-likeness (QED) is 0.612. The van der Waals surface area contributed by atoms with Crippen molar-refractivity contribution in [2.75, 3.05) is 19.0 Å². The number of likely N-dealkylation sites (N-methyl/N-ethyl adjacent to an activating group) is 1. The summed E-state index contributed by atoms with van der Waals surface area (Å²) in [7, 11) is 3.16. The Bertz CT molecular complexity index is 1020. The van der Waals surface area contributed by atoms with E-state index >= 15 is 0 Å². The van der Waals surface area contributed by atoms with Gasteiger partial charge >= 0.3 is 5.97 Å². The average Bonchev–Trinajstić information content (AvgIpc) is 2.94. The Hall–Kier alpha value is -2.97. The molecule has 2 aromatic carbocycles. The van der Waals surface area contributed by atoms with Crippen LogP contribution in [-0.4, -0.2) is 46.2 Å². The maximum atomic E-state index is 12.7. The molecule has 3 rings (SSSR count). The van der Waals surface area contributed by atoms with Crippen LogP contribution in [0.4, 0.5) is 5.69 Å². The van der Waals surface area contributed by atoms with E-state index in [1.165, 1.54) is 34.7 Å². The van der Waals surface area contributed by atoms with Crippen LogP contribution in [0.2, 0.25) is 0 Å². The third-order valence-corrected chi connectivity index (χ3v) is 5.73. The number of hydrogen-bond acceptors (Lipinski definition) is 5. The molecule has 6 nitrogen and oxygen atoms in total. The summed E-state index contributed by atoms with van der Waals surface area (Å²) in [5, 5.41) is 9.31. The molecule has 142 valence electrons. The zero-order valence-electron chi connectivity index (χ0n) is 15.1. The Labute approximate surface area is 171 Å². The number of thioether (sulfide) groups is 1. The number of carboxylic acid groups (broad SMARTS) is 1. The minimum absolute atomic E-state index is 0.0524. The Kier molecular flexibility index (Phi) is 5.62. The van der Waals surface area contributed by atoms with Crippen LogP contribution in [0.1, 0.15) is 26.3 Å². The van der Waals surface area contributed by atoms with Gasteiger partial charge in [0.1, 0.15) is 4.32 Å². The Morgan fingerprint density at radius 1 is 1.14 bits per heavy atom. The van der Waals surface area contributed by atoms with Gasteiger partial charge in [-0.15, -0.1) is 0 Å². The number of carboxylic acids is 1. The summed E-state index contributed by atoms with van der Waals surface area (Å²) >= 11 is 6.34. The van der Waals surface area contributed by atoms with Crippen molar-refractivity contribution in [1.29, 1.82) is 0 Å². The lowest BCUT2D eigenvalue weighted by Crippen LogP contribution is -2.27. The molecule has 8 heteroatoms. The standard InChI is InChI=1S/C20H16N2O4S2/c1-21(15-6-4-3-5-14(15)19(25)26)17(23)13-9-7-12(8-10-13)11-16-18(24)22(2)20(27)28-16/h3-11H,1-2H3,(H,25,26)/b16-11-. The lowest BCUT2D eigenvalue weighted by molar-refractivity contribution is -0.121. The molecule has 2 aromatic rings. The fraction of sp³-hybridized carbons (Fsp3) is 0.100. The molecular weight excluding hydrogens is 396 g/mol. The molecule has 2 amide bonds. The van der Waals surface area contributed by atoms with E-state index < -0.39 is 5.97 Å². The molecule has 0 unspecified atom stereocenters. The molecular formula is C20H16N2O4S2. The summed E-state index contributed by atoms with van der Waals surface area (Å²) in [5.41, 5.74) is 1.54. The Morgan fingerprint density at radius 2 is 1.79 bits per heavy atom. The van der Waals surface area contributed by atoms with Gasteiger partial charge in [0.2, 0.25) is 0 Å². The number of aromatic carboxylic acids is 1. The Balaban J connectivity index is 1.82. The molecule has 28 heavy (non-hydrogen) atoms. The molecule has 1 N–H and O–H groups in total. The molecule has 0 aromatic heterocycles. The van der Waals surface area contributed by atoms with Gasteiger partial charge in [-0.25, -0.2) is 4.79 Å². The number of carbonyl (C=O) groups is 3.